The van der Waals surface area contributed by atoms with Crippen molar-refractivity contribution < 1.29 is 13.9 Å². The maximum Gasteiger partial charge on any atom is 0.291 e. The summed E-state index contributed by atoms with van der Waals surface area (Å²) in [4.78, 5) is 15.0. The van der Waals surface area contributed by atoms with Gasteiger partial charge < -0.3 is 19.4 Å². The van der Waals surface area contributed by atoms with Crippen LogP contribution in [0.25, 0.3) is 5.57 Å². The van der Waals surface area contributed by atoms with Crippen LogP contribution in [0.1, 0.15) is 48.1 Å². The van der Waals surface area contributed by atoms with Gasteiger partial charge in [0.15, 0.2) is 5.76 Å². The molecule has 1 saturated heterocycles. The van der Waals surface area contributed by atoms with Crippen molar-refractivity contribution in [1.29, 1.82) is 5.26 Å². The molecule has 1 amide bonds. The van der Waals surface area contributed by atoms with Gasteiger partial charge in [-0.05, 0) is 61.1 Å². The van der Waals surface area contributed by atoms with E-state index in [4.69, 9.17) is 14.4 Å². The van der Waals surface area contributed by atoms with Crippen molar-refractivity contribution in [2.45, 2.75) is 26.2 Å². The molecule has 0 saturated carbocycles. The van der Waals surface area contributed by atoms with E-state index in [0.717, 1.165) is 36.7 Å². The van der Waals surface area contributed by atoms with Gasteiger partial charge in [-0.2, -0.15) is 5.26 Å². The lowest BCUT2D eigenvalue weighted by Gasteiger charge is -2.33. The zero-order valence-corrected chi connectivity index (χ0v) is 16.6. The zero-order chi connectivity index (χ0) is 20.2. The lowest BCUT2D eigenvalue weighted by molar-refractivity contribution is 0.0996. The molecule has 6 nitrogen and oxygen atoms in total. The first-order chi connectivity index (χ1) is 14.1. The Bertz CT molecular complexity index is 962. The van der Waals surface area contributed by atoms with Gasteiger partial charge in [0.2, 0.25) is 5.76 Å². The van der Waals surface area contributed by atoms with Gasteiger partial charge in [0.05, 0.1) is 13.2 Å². The molecular formula is C23H25N3O3. The molecule has 29 heavy (non-hydrogen) atoms. The SMILES string of the molecule is CC1CCN(c2ccc(NC(=O)c3ccc(C#N)o3)c(C3=CCOCC3)c2)CC1. The third-order valence-corrected chi connectivity index (χ3v) is 5.65. The summed E-state index contributed by atoms with van der Waals surface area (Å²) in [6.45, 7) is 5.67. The Labute approximate surface area is 170 Å². The number of nitrogens with one attached hydrogen (secondary N) is 1. The molecule has 2 aliphatic rings. The van der Waals surface area contributed by atoms with Crippen LogP contribution in [0, 0.1) is 17.2 Å². The predicted molar refractivity (Wildman–Crippen MR) is 112 cm³/mol. The Morgan fingerprint density at radius 3 is 2.76 bits per heavy atom. The zero-order valence-electron chi connectivity index (χ0n) is 16.6. The molecule has 0 radical (unpaired) electrons. The minimum absolute atomic E-state index is 0.122. The monoisotopic (exact) mass is 391 g/mol. The van der Waals surface area contributed by atoms with Gasteiger partial charge in [-0.1, -0.05) is 13.0 Å². The minimum atomic E-state index is -0.361. The van der Waals surface area contributed by atoms with Gasteiger partial charge in [0, 0.05) is 30.0 Å². The largest absolute Gasteiger partial charge is 0.440 e. The van der Waals surface area contributed by atoms with Crippen molar-refractivity contribution in [2.24, 2.45) is 5.92 Å². The topological polar surface area (TPSA) is 78.5 Å². The van der Waals surface area contributed by atoms with Gasteiger partial charge in [-0.3, -0.25) is 4.79 Å². The molecule has 0 aliphatic carbocycles. The standard InChI is InChI=1S/C23H25N3O3/c1-16-6-10-26(11-7-16)18-2-4-21(20(14-18)17-8-12-28-13-9-17)25-23(27)22-5-3-19(15-24)29-22/h2-5,8,14,16H,6-7,9-13H2,1H3,(H,25,27). The Balaban J connectivity index is 1.62. The molecule has 1 aromatic heterocycles. The molecule has 0 unspecified atom stereocenters. The van der Waals surface area contributed by atoms with E-state index in [0.29, 0.717) is 13.2 Å². The van der Waals surface area contributed by atoms with E-state index < -0.39 is 0 Å². The molecule has 1 N–H and O–H groups in total. The van der Waals surface area contributed by atoms with Crippen molar-refractivity contribution in [1.82, 2.24) is 0 Å². The Kier molecular flexibility index (Phi) is 5.68. The Morgan fingerprint density at radius 2 is 2.07 bits per heavy atom. The number of anilines is 2. The van der Waals surface area contributed by atoms with Crippen molar-refractivity contribution in [3.8, 4) is 6.07 Å². The molecule has 1 fully saturated rings. The highest BCUT2D eigenvalue weighted by Crippen LogP contribution is 2.33. The summed E-state index contributed by atoms with van der Waals surface area (Å²) in [7, 11) is 0. The fourth-order valence-electron chi connectivity index (χ4n) is 3.85. The second-order valence-electron chi connectivity index (χ2n) is 7.68. The van der Waals surface area contributed by atoms with Crippen LogP contribution < -0.4 is 10.2 Å². The van der Waals surface area contributed by atoms with Gasteiger partial charge in [0.25, 0.3) is 5.91 Å². The number of nitriles is 1. The second kappa shape index (κ2) is 8.54. The average Bonchev–Trinajstić information content (AvgIpc) is 3.25. The fraction of sp³-hybridized carbons (Fsp3) is 0.391. The number of hydrogen-bond donors (Lipinski definition) is 1. The first kappa shape index (κ1) is 19.3. The summed E-state index contributed by atoms with van der Waals surface area (Å²) < 4.78 is 10.7. The molecule has 6 heteroatoms. The molecule has 0 atom stereocenters. The number of ether oxygens (including phenoxy) is 1. The van der Waals surface area contributed by atoms with Gasteiger partial charge >= 0.3 is 0 Å². The molecule has 150 valence electrons. The molecule has 4 rings (SSSR count). The molecule has 3 heterocycles. The number of rotatable bonds is 4. The molecule has 0 spiro atoms. The summed E-state index contributed by atoms with van der Waals surface area (Å²) in [6.07, 6.45) is 5.29. The number of hydrogen-bond acceptors (Lipinski definition) is 5. The smallest absolute Gasteiger partial charge is 0.291 e. The molecule has 0 bridgehead atoms. The van der Waals surface area contributed by atoms with E-state index in [2.05, 4.69) is 35.3 Å². The van der Waals surface area contributed by atoms with E-state index in [1.54, 1.807) is 0 Å². The van der Waals surface area contributed by atoms with Crippen LogP contribution in [0.3, 0.4) is 0 Å². The number of furan rings is 1. The Morgan fingerprint density at radius 1 is 1.24 bits per heavy atom. The van der Waals surface area contributed by atoms with Crippen molar-refractivity contribution in [3.63, 3.8) is 0 Å². The summed E-state index contributed by atoms with van der Waals surface area (Å²) in [6, 6.07) is 11.1. The molecule has 2 aromatic rings. The number of carbonyl (C=O) groups excluding carboxylic acids is 1. The van der Waals surface area contributed by atoms with Crippen LogP contribution in [0.4, 0.5) is 11.4 Å². The fourth-order valence-corrected chi connectivity index (χ4v) is 3.85. The number of piperidine rings is 1. The normalized spacial score (nSPS) is 17.5. The van der Waals surface area contributed by atoms with E-state index >= 15 is 0 Å². The predicted octanol–water partition coefficient (Wildman–Crippen LogP) is 4.44. The molecule has 2 aliphatic heterocycles. The number of nitrogens with zero attached hydrogens (tertiary/aromatic N) is 2. The van der Waals surface area contributed by atoms with E-state index in [1.165, 1.54) is 36.2 Å². The third-order valence-electron chi connectivity index (χ3n) is 5.65. The lowest BCUT2D eigenvalue weighted by atomic mass is 9.96. The summed E-state index contributed by atoms with van der Waals surface area (Å²) in [5.41, 5.74) is 4.12. The average molecular weight is 391 g/mol. The van der Waals surface area contributed by atoms with Crippen molar-refractivity contribution in [3.05, 3.63) is 53.5 Å². The van der Waals surface area contributed by atoms with Gasteiger partial charge in [-0.15, -0.1) is 0 Å². The van der Waals surface area contributed by atoms with Crippen LogP contribution in [0.15, 0.2) is 40.8 Å². The maximum absolute atomic E-state index is 12.6. The van der Waals surface area contributed by atoms with Crippen LogP contribution in [0.5, 0.6) is 0 Å². The van der Waals surface area contributed by atoms with Crippen LogP contribution in [-0.2, 0) is 4.74 Å². The van der Waals surface area contributed by atoms with Crippen molar-refractivity contribution in [2.75, 3.05) is 36.5 Å². The molecular weight excluding hydrogens is 366 g/mol. The maximum atomic E-state index is 12.6. The molecule has 1 aromatic carbocycles. The summed E-state index contributed by atoms with van der Waals surface area (Å²) >= 11 is 0. The van der Waals surface area contributed by atoms with E-state index in [1.807, 2.05) is 12.1 Å². The van der Waals surface area contributed by atoms with E-state index in [-0.39, 0.29) is 17.4 Å². The number of benzene rings is 1. The summed E-state index contributed by atoms with van der Waals surface area (Å²) in [5.74, 6) is 0.661. The second-order valence-corrected chi connectivity index (χ2v) is 7.68. The van der Waals surface area contributed by atoms with Crippen LogP contribution in [0.2, 0.25) is 0 Å². The van der Waals surface area contributed by atoms with Crippen LogP contribution in [-0.4, -0.2) is 32.2 Å². The van der Waals surface area contributed by atoms with Gasteiger partial charge in [0.1, 0.15) is 6.07 Å². The van der Waals surface area contributed by atoms with Gasteiger partial charge in [-0.25, -0.2) is 0 Å². The lowest BCUT2D eigenvalue weighted by Crippen LogP contribution is -2.32. The van der Waals surface area contributed by atoms with Crippen LogP contribution >= 0.6 is 0 Å². The first-order valence-electron chi connectivity index (χ1n) is 10.1. The van der Waals surface area contributed by atoms with E-state index in [9.17, 15) is 4.79 Å². The van der Waals surface area contributed by atoms with Crippen molar-refractivity contribution >= 4 is 22.9 Å². The summed E-state index contributed by atoms with van der Waals surface area (Å²) in [5, 5.41) is 11.9. The number of amides is 1. The highest BCUT2D eigenvalue weighted by Gasteiger charge is 2.20. The minimum Gasteiger partial charge on any atom is -0.440 e. The quantitative estimate of drug-likeness (QED) is 0.833. The first-order valence-corrected chi connectivity index (χ1v) is 10.1. The highest BCUT2D eigenvalue weighted by atomic mass is 16.5. The Hall–Kier alpha value is -3.04. The number of carbonyl (C=O) groups is 1. The third kappa shape index (κ3) is 4.36. The highest BCUT2D eigenvalue weighted by molar-refractivity contribution is 6.04.